The van der Waals surface area contributed by atoms with Gasteiger partial charge in [0.15, 0.2) is 0 Å². The Kier molecular flexibility index (Phi) is 5.53. The topological polar surface area (TPSA) is 67.4 Å². The van der Waals surface area contributed by atoms with Crippen molar-refractivity contribution in [2.24, 2.45) is 0 Å². The highest BCUT2D eigenvalue weighted by Crippen LogP contribution is 2.16. The van der Waals surface area contributed by atoms with Gasteiger partial charge in [-0.05, 0) is 32.8 Å². The van der Waals surface area contributed by atoms with Gasteiger partial charge in [-0.1, -0.05) is 5.16 Å². The highest BCUT2D eigenvalue weighted by atomic mass is 16.5. The molecule has 0 N–H and O–H groups in total. The summed E-state index contributed by atoms with van der Waals surface area (Å²) < 4.78 is 7.10. The Morgan fingerprint density at radius 2 is 2.04 bits per heavy atom. The summed E-state index contributed by atoms with van der Waals surface area (Å²) in [6, 6.07) is 0. The maximum Gasteiger partial charge on any atom is 0.224 e. The van der Waals surface area contributed by atoms with E-state index >= 15 is 0 Å². The van der Waals surface area contributed by atoms with E-state index in [1.807, 2.05) is 42.7 Å². The van der Waals surface area contributed by atoms with Crippen molar-refractivity contribution >= 4 is 5.91 Å². The second kappa shape index (κ2) is 7.82. The van der Waals surface area contributed by atoms with Crippen LogP contribution in [0.25, 0.3) is 0 Å². The van der Waals surface area contributed by atoms with Crippen LogP contribution in [0, 0.1) is 20.8 Å². The predicted molar refractivity (Wildman–Crippen MR) is 94.0 cm³/mol. The van der Waals surface area contributed by atoms with Crippen LogP contribution in [0.3, 0.4) is 0 Å². The van der Waals surface area contributed by atoms with E-state index in [1.165, 1.54) is 5.56 Å². The molecule has 0 spiro atoms. The molecule has 0 radical (unpaired) electrons. The van der Waals surface area contributed by atoms with Crippen molar-refractivity contribution in [3.05, 3.63) is 35.0 Å². The largest absolute Gasteiger partial charge is 0.361 e. The van der Waals surface area contributed by atoms with Gasteiger partial charge in [-0.25, -0.2) is 0 Å². The quantitative estimate of drug-likeness (QED) is 0.828. The number of hydrogen-bond donors (Lipinski definition) is 0. The average molecular weight is 345 g/mol. The molecule has 0 aliphatic carbocycles. The molecule has 7 nitrogen and oxygen atoms in total. The zero-order valence-corrected chi connectivity index (χ0v) is 15.4. The van der Waals surface area contributed by atoms with E-state index in [2.05, 4.69) is 15.2 Å². The Morgan fingerprint density at radius 3 is 2.72 bits per heavy atom. The number of nitrogens with zero attached hydrogens (tertiary/aromatic N) is 5. The van der Waals surface area contributed by atoms with Gasteiger partial charge in [-0.2, -0.15) is 5.10 Å². The molecular weight excluding hydrogens is 318 g/mol. The molecule has 25 heavy (non-hydrogen) atoms. The molecule has 0 saturated carbocycles. The van der Waals surface area contributed by atoms with E-state index in [1.54, 1.807) is 0 Å². The molecule has 3 rings (SSSR count). The van der Waals surface area contributed by atoms with Gasteiger partial charge in [0.25, 0.3) is 0 Å². The second-order valence-corrected chi connectivity index (χ2v) is 6.84. The fourth-order valence-electron chi connectivity index (χ4n) is 3.29. The summed E-state index contributed by atoms with van der Waals surface area (Å²) in [5, 5.41) is 8.27. The number of hydrogen-bond acceptors (Lipinski definition) is 5. The van der Waals surface area contributed by atoms with Crippen molar-refractivity contribution < 1.29 is 9.32 Å². The van der Waals surface area contributed by atoms with Crippen molar-refractivity contribution in [2.45, 2.75) is 46.7 Å². The third kappa shape index (κ3) is 4.48. The smallest absolute Gasteiger partial charge is 0.224 e. The van der Waals surface area contributed by atoms with Gasteiger partial charge in [0.05, 0.1) is 11.9 Å². The number of carbonyl (C=O) groups is 1. The maximum atomic E-state index is 12.5. The highest BCUT2D eigenvalue weighted by molar-refractivity contribution is 5.76. The van der Waals surface area contributed by atoms with Crippen molar-refractivity contribution in [1.82, 2.24) is 24.7 Å². The van der Waals surface area contributed by atoms with Crippen molar-refractivity contribution in [3.63, 3.8) is 0 Å². The van der Waals surface area contributed by atoms with Crippen LogP contribution in [0.1, 0.15) is 35.4 Å². The normalized spacial score (nSPS) is 16.2. The van der Waals surface area contributed by atoms with Crippen LogP contribution >= 0.6 is 0 Å². The molecule has 3 heterocycles. The number of aromatic nitrogens is 3. The minimum absolute atomic E-state index is 0.215. The molecule has 7 heteroatoms. The Bertz CT molecular complexity index is 701. The van der Waals surface area contributed by atoms with E-state index in [9.17, 15) is 4.79 Å². The van der Waals surface area contributed by atoms with E-state index in [0.29, 0.717) is 13.0 Å². The van der Waals surface area contributed by atoms with Crippen LogP contribution in [0.15, 0.2) is 16.9 Å². The SMILES string of the molecule is Cc1cnn(CCC(=O)N2CCCN(Cc3c(C)noc3C)CC2)c1. The number of aryl methyl sites for hydroxylation is 4. The number of rotatable bonds is 5. The first-order chi connectivity index (χ1) is 12.0. The molecule has 0 aromatic carbocycles. The lowest BCUT2D eigenvalue weighted by Crippen LogP contribution is -2.35. The van der Waals surface area contributed by atoms with E-state index < -0.39 is 0 Å². The Balaban J connectivity index is 1.50. The monoisotopic (exact) mass is 345 g/mol. The maximum absolute atomic E-state index is 12.5. The van der Waals surface area contributed by atoms with Gasteiger partial charge in [-0.15, -0.1) is 0 Å². The minimum atomic E-state index is 0.215. The molecule has 1 amide bonds. The molecule has 1 aliphatic rings. The van der Waals surface area contributed by atoms with Gasteiger partial charge in [0.1, 0.15) is 5.76 Å². The van der Waals surface area contributed by atoms with Crippen molar-refractivity contribution in [3.8, 4) is 0 Å². The van der Waals surface area contributed by atoms with E-state index in [0.717, 1.165) is 56.2 Å². The van der Waals surface area contributed by atoms with Crippen LogP contribution in [0.2, 0.25) is 0 Å². The summed E-state index contributed by atoms with van der Waals surface area (Å²) in [5.74, 6) is 1.11. The van der Waals surface area contributed by atoms with Crippen LogP contribution in [-0.2, 0) is 17.9 Å². The summed E-state index contributed by atoms with van der Waals surface area (Å²) in [6.45, 7) is 10.9. The predicted octanol–water partition coefficient (Wildman–Crippen LogP) is 1.92. The Hall–Kier alpha value is -2.15. The first kappa shape index (κ1) is 17.7. The van der Waals surface area contributed by atoms with Gasteiger partial charge in [0, 0.05) is 57.4 Å². The van der Waals surface area contributed by atoms with E-state index in [4.69, 9.17) is 4.52 Å². The summed E-state index contributed by atoms with van der Waals surface area (Å²) in [4.78, 5) is 16.9. The zero-order chi connectivity index (χ0) is 17.8. The minimum Gasteiger partial charge on any atom is -0.361 e. The number of amides is 1. The van der Waals surface area contributed by atoms with Crippen LogP contribution in [-0.4, -0.2) is 56.8 Å². The summed E-state index contributed by atoms with van der Waals surface area (Å²) in [6.07, 6.45) is 5.30. The summed E-state index contributed by atoms with van der Waals surface area (Å²) in [5.41, 5.74) is 3.26. The third-order valence-corrected chi connectivity index (χ3v) is 4.82. The van der Waals surface area contributed by atoms with Gasteiger partial charge in [0.2, 0.25) is 5.91 Å². The fourth-order valence-corrected chi connectivity index (χ4v) is 3.29. The second-order valence-electron chi connectivity index (χ2n) is 6.84. The van der Waals surface area contributed by atoms with Crippen LogP contribution in [0.5, 0.6) is 0 Å². The average Bonchev–Trinajstić information content (AvgIpc) is 3.04. The fraction of sp³-hybridized carbons (Fsp3) is 0.611. The molecule has 1 saturated heterocycles. The lowest BCUT2D eigenvalue weighted by atomic mass is 10.2. The Labute approximate surface area is 148 Å². The van der Waals surface area contributed by atoms with Gasteiger partial charge < -0.3 is 9.42 Å². The summed E-state index contributed by atoms with van der Waals surface area (Å²) in [7, 11) is 0. The lowest BCUT2D eigenvalue weighted by molar-refractivity contribution is -0.131. The zero-order valence-electron chi connectivity index (χ0n) is 15.4. The van der Waals surface area contributed by atoms with Crippen LogP contribution < -0.4 is 0 Å². The third-order valence-electron chi connectivity index (χ3n) is 4.82. The van der Waals surface area contributed by atoms with Gasteiger partial charge >= 0.3 is 0 Å². The summed E-state index contributed by atoms with van der Waals surface area (Å²) >= 11 is 0. The van der Waals surface area contributed by atoms with Crippen LogP contribution in [0.4, 0.5) is 0 Å². The molecule has 1 aliphatic heterocycles. The van der Waals surface area contributed by atoms with Gasteiger partial charge in [-0.3, -0.25) is 14.4 Å². The molecule has 0 atom stereocenters. The molecule has 0 bridgehead atoms. The van der Waals surface area contributed by atoms with Crippen molar-refractivity contribution in [2.75, 3.05) is 26.2 Å². The highest BCUT2D eigenvalue weighted by Gasteiger charge is 2.21. The lowest BCUT2D eigenvalue weighted by Gasteiger charge is -2.22. The molecule has 2 aromatic heterocycles. The van der Waals surface area contributed by atoms with E-state index in [-0.39, 0.29) is 5.91 Å². The molecule has 2 aromatic rings. The standard InChI is InChI=1S/C18H27N5O2/c1-14-11-19-23(12-14)8-5-18(24)22-7-4-6-21(9-10-22)13-17-15(2)20-25-16(17)3/h11-12H,4-10,13H2,1-3H3. The first-order valence-corrected chi connectivity index (χ1v) is 8.94. The number of carbonyl (C=O) groups excluding carboxylic acids is 1. The molecular formula is C18H27N5O2. The molecule has 1 fully saturated rings. The first-order valence-electron chi connectivity index (χ1n) is 8.94. The molecule has 136 valence electrons. The van der Waals surface area contributed by atoms with Crippen molar-refractivity contribution in [1.29, 1.82) is 0 Å². The Morgan fingerprint density at radius 1 is 1.20 bits per heavy atom. The molecule has 0 unspecified atom stereocenters.